The standard InChI is InChI=1S/C10H8ClNOS/c11-5-4-6-2-1-3-7-8(6)9(13)12-10(7)14/h1-3H,4-5H2,(H,12,13,14). The topological polar surface area (TPSA) is 29.1 Å². The lowest BCUT2D eigenvalue weighted by atomic mass is 10.0. The van der Waals surface area contributed by atoms with E-state index in [4.69, 9.17) is 23.8 Å². The minimum absolute atomic E-state index is 0.106. The Morgan fingerprint density at radius 1 is 1.43 bits per heavy atom. The molecule has 1 aliphatic rings. The monoisotopic (exact) mass is 225 g/mol. The fraction of sp³-hybridized carbons (Fsp3) is 0.200. The van der Waals surface area contributed by atoms with Crippen LogP contribution in [0.3, 0.4) is 0 Å². The lowest BCUT2D eigenvalue weighted by Gasteiger charge is -2.02. The van der Waals surface area contributed by atoms with Crippen molar-refractivity contribution in [3.05, 3.63) is 34.9 Å². The van der Waals surface area contributed by atoms with Crippen LogP contribution in [0.5, 0.6) is 0 Å². The molecule has 0 aliphatic carbocycles. The maximum atomic E-state index is 11.5. The van der Waals surface area contributed by atoms with Crippen molar-refractivity contribution in [1.29, 1.82) is 0 Å². The maximum absolute atomic E-state index is 11.5. The number of halogens is 1. The Bertz CT molecular complexity index is 417. The van der Waals surface area contributed by atoms with Gasteiger partial charge in [-0.05, 0) is 12.0 Å². The maximum Gasteiger partial charge on any atom is 0.257 e. The molecule has 0 saturated carbocycles. The first-order valence-corrected chi connectivity index (χ1v) is 5.22. The van der Waals surface area contributed by atoms with E-state index in [1.807, 2.05) is 18.2 Å². The number of aryl methyl sites for hydroxylation is 1. The lowest BCUT2D eigenvalue weighted by Crippen LogP contribution is -2.19. The van der Waals surface area contributed by atoms with E-state index in [0.29, 0.717) is 22.9 Å². The molecule has 0 bridgehead atoms. The summed E-state index contributed by atoms with van der Waals surface area (Å²) in [5.74, 6) is 0.405. The third-order valence-electron chi connectivity index (χ3n) is 2.21. The van der Waals surface area contributed by atoms with E-state index in [9.17, 15) is 4.79 Å². The number of nitrogens with one attached hydrogen (secondary N) is 1. The van der Waals surface area contributed by atoms with Crippen molar-refractivity contribution >= 4 is 34.7 Å². The zero-order valence-electron chi connectivity index (χ0n) is 7.34. The van der Waals surface area contributed by atoms with Gasteiger partial charge in [0.15, 0.2) is 0 Å². The molecule has 0 aromatic heterocycles. The van der Waals surface area contributed by atoms with E-state index in [1.165, 1.54) is 0 Å². The van der Waals surface area contributed by atoms with Gasteiger partial charge in [0, 0.05) is 11.4 Å². The van der Waals surface area contributed by atoms with Gasteiger partial charge in [0.2, 0.25) is 0 Å². The molecular weight excluding hydrogens is 218 g/mol. The number of hydrogen-bond acceptors (Lipinski definition) is 2. The molecule has 4 heteroatoms. The van der Waals surface area contributed by atoms with E-state index in [-0.39, 0.29) is 5.91 Å². The summed E-state index contributed by atoms with van der Waals surface area (Å²) in [6.07, 6.45) is 0.695. The van der Waals surface area contributed by atoms with E-state index in [2.05, 4.69) is 5.32 Å². The molecule has 14 heavy (non-hydrogen) atoms. The van der Waals surface area contributed by atoms with Gasteiger partial charge < -0.3 is 5.32 Å². The van der Waals surface area contributed by atoms with Crippen LogP contribution < -0.4 is 5.32 Å². The van der Waals surface area contributed by atoms with Crippen molar-refractivity contribution in [2.45, 2.75) is 6.42 Å². The molecule has 0 saturated heterocycles. The molecule has 1 aromatic carbocycles. The zero-order chi connectivity index (χ0) is 10.1. The summed E-state index contributed by atoms with van der Waals surface area (Å²) in [4.78, 5) is 12.0. The molecule has 0 spiro atoms. The van der Waals surface area contributed by atoms with Crippen LogP contribution in [0.1, 0.15) is 21.5 Å². The number of fused-ring (bicyclic) bond motifs is 1. The first-order chi connectivity index (χ1) is 6.74. The number of hydrogen-bond donors (Lipinski definition) is 1. The van der Waals surface area contributed by atoms with Crippen LogP contribution in [0.15, 0.2) is 18.2 Å². The quantitative estimate of drug-likeness (QED) is 0.615. The Balaban J connectivity index is 2.56. The number of alkyl halides is 1. The van der Waals surface area contributed by atoms with Crippen molar-refractivity contribution < 1.29 is 4.79 Å². The Morgan fingerprint density at radius 3 is 2.93 bits per heavy atom. The Hall–Kier alpha value is -0.930. The third kappa shape index (κ3) is 1.42. The van der Waals surface area contributed by atoms with Gasteiger partial charge in [0.1, 0.15) is 4.99 Å². The number of carbonyl (C=O) groups is 1. The molecule has 72 valence electrons. The van der Waals surface area contributed by atoms with Gasteiger partial charge >= 0.3 is 0 Å². The third-order valence-corrected chi connectivity index (χ3v) is 2.72. The molecule has 2 nitrogen and oxygen atoms in total. The largest absolute Gasteiger partial charge is 0.312 e. The number of rotatable bonds is 2. The number of thiocarbonyl (C=S) groups is 1. The highest BCUT2D eigenvalue weighted by Gasteiger charge is 2.25. The lowest BCUT2D eigenvalue weighted by molar-refractivity contribution is 0.0983. The summed E-state index contributed by atoms with van der Waals surface area (Å²) >= 11 is 10.7. The molecule has 1 aliphatic heterocycles. The number of amides is 1. The second kappa shape index (κ2) is 3.67. The van der Waals surface area contributed by atoms with Crippen LogP contribution in [0.2, 0.25) is 0 Å². The predicted octanol–water partition coefficient (Wildman–Crippen LogP) is 1.89. The van der Waals surface area contributed by atoms with Gasteiger partial charge in [-0.25, -0.2) is 0 Å². The normalized spacial score (nSPS) is 14.1. The Morgan fingerprint density at radius 2 is 2.21 bits per heavy atom. The minimum Gasteiger partial charge on any atom is -0.312 e. The van der Waals surface area contributed by atoms with Crippen LogP contribution in [0.4, 0.5) is 0 Å². The van der Waals surface area contributed by atoms with Gasteiger partial charge in [0.05, 0.1) is 5.56 Å². The van der Waals surface area contributed by atoms with Crippen molar-refractivity contribution in [2.75, 3.05) is 5.88 Å². The summed E-state index contributed by atoms with van der Waals surface area (Å²) in [5, 5.41) is 2.63. The summed E-state index contributed by atoms with van der Waals surface area (Å²) < 4.78 is 0. The Kier molecular flexibility index (Phi) is 2.52. The second-order valence-electron chi connectivity index (χ2n) is 3.06. The molecule has 2 rings (SSSR count). The van der Waals surface area contributed by atoms with Crippen molar-refractivity contribution in [2.24, 2.45) is 0 Å². The highest BCUT2D eigenvalue weighted by molar-refractivity contribution is 7.80. The molecule has 0 unspecified atom stereocenters. The molecule has 1 aromatic rings. The summed E-state index contributed by atoms with van der Waals surface area (Å²) in [7, 11) is 0. The predicted molar refractivity (Wildman–Crippen MR) is 60.0 cm³/mol. The molecule has 0 radical (unpaired) electrons. The van der Waals surface area contributed by atoms with Crippen molar-refractivity contribution in [1.82, 2.24) is 5.32 Å². The first-order valence-electron chi connectivity index (χ1n) is 4.27. The van der Waals surface area contributed by atoms with E-state index < -0.39 is 0 Å². The SMILES string of the molecule is O=C1NC(=S)c2cccc(CCCl)c21. The van der Waals surface area contributed by atoms with Crippen molar-refractivity contribution in [3.8, 4) is 0 Å². The van der Waals surface area contributed by atoms with E-state index >= 15 is 0 Å². The van der Waals surface area contributed by atoms with Crippen LogP contribution in [0, 0.1) is 0 Å². The Labute approximate surface area is 92.3 Å². The number of benzene rings is 1. The fourth-order valence-electron chi connectivity index (χ4n) is 1.60. The van der Waals surface area contributed by atoms with Crippen LogP contribution in [0.25, 0.3) is 0 Å². The average Bonchev–Trinajstić information content (AvgIpc) is 2.44. The molecule has 0 atom stereocenters. The van der Waals surface area contributed by atoms with Crippen LogP contribution in [-0.2, 0) is 6.42 Å². The average molecular weight is 226 g/mol. The molecule has 1 amide bonds. The molecular formula is C10H8ClNOS. The van der Waals surface area contributed by atoms with Gasteiger partial charge in [-0.15, -0.1) is 11.6 Å². The minimum atomic E-state index is -0.106. The molecule has 0 fully saturated rings. The van der Waals surface area contributed by atoms with Crippen LogP contribution in [-0.4, -0.2) is 16.8 Å². The van der Waals surface area contributed by atoms with E-state index in [0.717, 1.165) is 11.1 Å². The summed E-state index contributed by atoms with van der Waals surface area (Å²) in [5.41, 5.74) is 2.49. The van der Waals surface area contributed by atoms with Crippen LogP contribution >= 0.6 is 23.8 Å². The van der Waals surface area contributed by atoms with Gasteiger partial charge in [-0.3, -0.25) is 4.79 Å². The van der Waals surface area contributed by atoms with E-state index in [1.54, 1.807) is 0 Å². The molecule has 1 N–H and O–H groups in total. The molecule has 1 heterocycles. The van der Waals surface area contributed by atoms with Gasteiger partial charge in [0.25, 0.3) is 5.91 Å². The fourth-order valence-corrected chi connectivity index (χ4v) is 2.07. The highest BCUT2D eigenvalue weighted by atomic mass is 35.5. The van der Waals surface area contributed by atoms with Crippen molar-refractivity contribution in [3.63, 3.8) is 0 Å². The van der Waals surface area contributed by atoms with Gasteiger partial charge in [-0.2, -0.15) is 0 Å². The highest BCUT2D eigenvalue weighted by Crippen LogP contribution is 2.21. The summed E-state index contributed by atoms with van der Waals surface area (Å²) in [6.45, 7) is 0. The summed E-state index contributed by atoms with van der Waals surface area (Å²) in [6, 6.07) is 5.66. The number of carbonyl (C=O) groups excluding carboxylic acids is 1. The second-order valence-corrected chi connectivity index (χ2v) is 3.85. The first kappa shape index (κ1) is 9.62. The van der Waals surface area contributed by atoms with Gasteiger partial charge in [-0.1, -0.05) is 30.4 Å². The smallest absolute Gasteiger partial charge is 0.257 e. The zero-order valence-corrected chi connectivity index (χ0v) is 8.91.